The zero-order chi connectivity index (χ0) is 11.0. The predicted octanol–water partition coefficient (Wildman–Crippen LogP) is 0.794. The molecule has 0 fully saturated rings. The van der Waals surface area contributed by atoms with Gasteiger partial charge in [-0.3, -0.25) is 4.79 Å². The van der Waals surface area contributed by atoms with Gasteiger partial charge in [-0.1, -0.05) is 13.3 Å². The van der Waals surface area contributed by atoms with E-state index in [0.29, 0.717) is 0 Å². The second kappa shape index (κ2) is 6.39. The van der Waals surface area contributed by atoms with E-state index < -0.39 is 0 Å². The van der Waals surface area contributed by atoms with Crippen LogP contribution in [0.25, 0.3) is 0 Å². The van der Waals surface area contributed by atoms with Crippen LogP contribution >= 0.6 is 0 Å². The maximum Gasteiger partial charge on any atom is 0.234 e. The minimum atomic E-state index is -0.129. The lowest BCUT2D eigenvalue weighted by Crippen LogP contribution is -2.45. The molecule has 1 amide bonds. The Balaban J connectivity index is 3.71. The molecular formula is C10H19N3O. The highest BCUT2D eigenvalue weighted by atomic mass is 16.1. The second-order valence-electron chi connectivity index (χ2n) is 3.92. The first kappa shape index (κ1) is 12.9. The lowest BCUT2D eigenvalue weighted by molar-refractivity contribution is -0.120. The summed E-state index contributed by atoms with van der Waals surface area (Å²) in [5, 5.41) is 13.9. The highest BCUT2D eigenvalue weighted by Crippen LogP contribution is 2.09. The van der Waals surface area contributed by atoms with Gasteiger partial charge in [-0.05, 0) is 20.3 Å². The Morgan fingerprint density at radius 3 is 2.64 bits per heavy atom. The highest BCUT2D eigenvalue weighted by molar-refractivity contribution is 5.78. The van der Waals surface area contributed by atoms with E-state index in [0.717, 1.165) is 12.8 Å². The smallest absolute Gasteiger partial charge is 0.234 e. The molecule has 0 heterocycles. The molecule has 0 aromatic carbocycles. The monoisotopic (exact) mass is 197 g/mol. The molecule has 0 aromatic heterocycles. The van der Waals surface area contributed by atoms with Crippen molar-refractivity contribution in [2.45, 2.75) is 39.2 Å². The van der Waals surface area contributed by atoms with Crippen LogP contribution in [-0.4, -0.2) is 24.5 Å². The third-order valence-corrected chi connectivity index (χ3v) is 1.97. The van der Waals surface area contributed by atoms with Crippen LogP contribution < -0.4 is 10.6 Å². The lowest BCUT2D eigenvalue weighted by atomic mass is 9.99. The Labute approximate surface area is 85.7 Å². The van der Waals surface area contributed by atoms with Gasteiger partial charge in [0.15, 0.2) is 0 Å². The van der Waals surface area contributed by atoms with E-state index in [-0.39, 0.29) is 24.5 Å². The number of hydrogen-bond acceptors (Lipinski definition) is 3. The number of nitrogens with one attached hydrogen (secondary N) is 2. The van der Waals surface area contributed by atoms with E-state index in [4.69, 9.17) is 5.26 Å². The van der Waals surface area contributed by atoms with Gasteiger partial charge in [0.1, 0.15) is 6.54 Å². The van der Waals surface area contributed by atoms with E-state index in [1.807, 2.05) is 6.07 Å². The number of rotatable bonds is 6. The van der Waals surface area contributed by atoms with Crippen molar-refractivity contribution in [2.24, 2.45) is 0 Å². The summed E-state index contributed by atoms with van der Waals surface area (Å²) in [6, 6.07) is 1.86. The molecule has 0 saturated heterocycles. The Hall–Kier alpha value is -1.08. The van der Waals surface area contributed by atoms with Gasteiger partial charge < -0.3 is 10.6 Å². The van der Waals surface area contributed by atoms with Crippen molar-refractivity contribution in [3.63, 3.8) is 0 Å². The maximum atomic E-state index is 11.1. The molecule has 0 saturated carbocycles. The highest BCUT2D eigenvalue weighted by Gasteiger charge is 2.16. The molecule has 0 unspecified atom stereocenters. The molecule has 14 heavy (non-hydrogen) atoms. The van der Waals surface area contributed by atoms with Gasteiger partial charge >= 0.3 is 0 Å². The Morgan fingerprint density at radius 2 is 2.14 bits per heavy atom. The van der Waals surface area contributed by atoms with Crippen LogP contribution in [-0.2, 0) is 4.79 Å². The molecule has 80 valence electrons. The van der Waals surface area contributed by atoms with Crippen LogP contribution in [0.3, 0.4) is 0 Å². The fourth-order valence-electron chi connectivity index (χ4n) is 1.23. The molecule has 0 aliphatic rings. The van der Waals surface area contributed by atoms with Crippen LogP contribution in [0.2, 0.25) is 0 Å². The molecule has 4 nitrogen and oxygen atoms in total. The normalized spacial score (nSPS) is 10.7. The molecule has 0 aromatic rings. The molecule has 4 heteroatoms. The quantitative estimate of drug-likeness (QED) is 0.619. The van der Waals surface area contributed by atoms with Crippen molar-refractivity contribution in [3.8, 4) is 6.07 Å². The molecule has 0 aliphatic heterocycles. The van der Waals surface area contributed by atoms with Crippen LogP contribution in [0, 0.1) is 11.3 Å². The van der Waals surface area contributed by atoms with Gasteiger partial charge in [0.25, 0.3) is 0 Å². The lowest BCUT2D eigenvalue weighted by Gasteiger charge is -2.25. The van der Waals surface area contributed by atoms with Crippen molar-refractivity contribution in [3.05, 3.63) is 0 Å². The number of carbonyl (C=O) groups is 1. The summed E-state index contributed by atoms with van der Waals surface area (Å²) in [7, 11) is 0. The molecule has 0 spiro atoms. The van der Waals surface area contributed by atoms with Crippen molar-refractivity contribution in [1.29, 1.82) is 5.26 Å². The Bertz CT molecular complexity index is 218. The van der Waals surface area contributed by atoms with E-state index in [1.54, 1.807) is 0 Å². The van der Waals surface area contributed by atoms with Gasteiger partial charge in [-0.2, -0.15) is 5.26 Å². The van der Waals surface area contributed by atoms with Crippen LogP contribution in [0.4, 0.5) is 0 Å². The van der Waals surface area contributed by atoms with Crippen molar-refractivity contribution >= 4 is 5.91 Å². The zero-order valence-electron chi connectivity index (χ0n) is 9.18. The topological polar surface area (TPSA) is 64.9 Å². The summed E-state index contributed by atoms with van der Waals surface area (Å²) in [4.78, 5) is 11.1. The van der Waals surface area contributed by atoms with Crippen LogP contribution in [0.5, 0.6) is 0 Å². The van der Waals surface area contributed by atoms with Crippen molar-refractivity contribution in [2.75, 3.05) is 13.1 Å². The van der Waals surface area contributed by atoms with Gasteiger partial charge in [-0.15, -0.1) is 0 Å². The summed E-state index contributed by atoms with van der Waals surface area (Å²) in [6.07, 6.45) is 2.11. The van der Waals surface area contributed by atoms with Crippen LogP contribution in [0.1, 0.15) is 33.6 Å². The first-order valence-corrected chi connectivity index (χ1v) is 4.90. The minimum Gasteiger partial charge on any atom is -0.342 e. The van der Waals surface area contributed by atoms with Gasteiger partial charge in [0, 0.05) is 5.54 Å². The summed E-state index contributed by atoms with van der Waals surface area (Å²) in [5.41, 5.74) is -0.0151. The van der Waals surface area contributed by atoms with Crippen LogP contribution in [0.15, 0.2) is 0 Å². The number of carbonyl (C=O) groups excluding carboxylic acids is 1. The standard InChI is InChI=1S/C10H19N3O/c1-4-5-10(2,3)13-8-9(14)12-7-6-11/h13H,4-5,7-8H2,1-3H3,(H,12,14). The largest absolute Gasteiger partial charge is 0.342 e. The molecule has 0 rings (SSSR count). The molecule has 0 aliphatic carbocycles. The molecular weight excluding hydrogens is 178 g/mol. The number of hydrogen-bond donors (Lipinski definition) is 2. The maximum absolute atomic E-state index is 11.1. The fourth-order valence-corrected chi connectivity index (χ4v) is 1.23. The zero-order valence-corrected chi connectivity index (χ0v) is 9.18. The van der Waals surface area contributed by atoms with E-state index in [9.17, 15) is 4.79 Å². The van der Waals surface area contributed by atoms with Crippen molar-refractivity contribution < 1.29 is 4.79 Å². The first-order chi connectivity index (χ1) is 6.52. The van der Waals surface area contributed by atoms with Gasteiger partial charge in [0.05, 0.1) is 12.6 Å². The SMILES string of the molecule is CCCC(C)(C)NCC(=O)NCC#N. The third-order valence-electron chi connectivity index (χ3n) is 1.97. The summed E-state index contributed by atoms with van der Waals surface area (Å²) < 4.78 is 0. The van der Waals surface area contributed by atoms with E-state index >= 15 is 0 Å². The summed E-state index contributed by atoms with van der Waals surface area (Å²) in [5.74, 6) is -0.129. The van der Waals surface area contributed by atoms with Gasteiger partial charge in [0.2, 0.25) is 5.91 Å². The number of nitriles is 1. The predicted molar refractivity (Wildman–Crippen MR) is 55.6 cm³/mol. The summed E-state index contributed by atoms with van der Waals surface area (Å²) in [6.45, 7) is 6.59. The molecule has 0 bridgehead atoms. The van der Waals surface area contributed by atoms with E-state index in [2.05, 4.69) is 31.4 Å². The Morgan fingerprint density at radius 1 is 1.50 bits per heavy atom. The average Bonchev–Trinajstić information content (AvgIpc) is 2.11. The van der Waals surface area contributed by atoms with Crippen molar-refractivity contribution in [1.82, 2.24) is 10.6 Å². The molecule has 0 radical (unpaired) electrons. The number of nitrogens with zero attached hydrogens (tertiary/aromatic N) is 1. The fraction of sp³-hybridized carbons (Fsp3) is 0.800. The Kier molecular flexibility index (Phi) is 5.89. The molecule has 2 N–H and O–H groups in total. The number of amides is 1. The average molecular weight is 197 g/mol. The van der Waals surface area contributed by atoms with Gasteiger partial charge in [-0.25, -0.2) is 0 Å². The minimum absolute atomic E-state index is 0.0151. The first-order valence-electron chi connectivity index (χ1n) is 4.90. The third kappa shape index (κ3) is 6.44. The van der Waals surface area contributed by atoms with E-state index in [1.165, 1.54) is 0 Å². The molecule has 0 atom stereocenters. The summed E-state index contributed by atoms with van der Waals surface area (Å²) >= 11 is 0. The second-order valence-corrected chi connectivity index (χ2v) is 3.92.